The van der Waals surface area contributed by atoms with E-state index in [2.05, 4.69) is 0 Å². The third-order valence-corrected chi connectivity index (χ3v) is 3.97. The third kappa shape index (κ3) is 2.36. The van der Waals surface area contributed by atoms with E-state index in [4.69, 9.17) is 4.42 Å². The first-order valence-corrected chi connectivity index (χ1v) is 6.97. The molecule has 0 saturated heterocycles. The Balaban J connectivity index is 2.35. The Labute approximate surface area is 117 Å². The topological polar surface area (TPSA) is 47.3 Å². The number of thiophene rings is 1. The Morgan fingerprint density at radius 1 is 1.40 bits per heavy atom. The minimum atomic E-state index is -1.74. The van der Waals surface area contributed by atoms with Gasteiger partial charge in [0, 0.05) is 22.6 Å². The van der Waals surface area contributed by atoms with Crippen LogP contribution in [0, 0.1) is 0 Å². The van der Waals surface area contributed by atoms with Crippen LogP contribution >= 0.6 is 11.3 Å². The summed E-state index contributed by atoms with van der Waals surface area (Å²) < 4.78 is 19.4. The maximum absolute atomic E-state index is 14.2. The molecular weight excluding hydrogens is 279 g/mol. The van der Waals surface area contributed by atoms with Crippen LogP contribution in [-0.4, -0.2) is 11.5 Å². The largest absolute Gasteiger partial charge is 0.422 e. The van der Waals surface area contributed by atoms with Crippen LogP contribution in [0.2, 0.25) is 0 Å². The van der Waals surface area contributed by atoms with Crippen molar-refractivity contribution < 1.29 is 13.6 Å². The molecule has 3 nitrogen and oxygen atoms in total. The summed E-state index contributed by atoms with van der Waals surface area (Å²) in [5.41, 5.74) is -1.76. The molecule has 0 amide bonds. The van der Waals surface area contributed by atoms with Crippen molar-refractivity contribution in [2.75, 3.05) is 0 Å². The number of halogens is 1. The Hall–Kier alpha value is -2.01. The molecule has 1 atom stereocenters. The summed E-state index contributed by atoms with van der Waals surface area (Å²) in [5.74, 6) is -0.392. The molecule has 3 rings (SSSR count). The van der Waals surface area contributed by atoms with Crippen molar-refractivity contribution in [2.24, 2.45) is 0 Å². The minimum absolute atomic E-state index is 0.127. The van der Waals surface area contributed by atoms with Gasteiger partial charge in [-0.15, -0.1) is 11.3 Å². The van der Waals surface area contributed by atoms with Crippen molar-refractivity contribution in [2.45, 2.75) is 19.0 Å². The van der Waals surface area contributed by atoms with Gasteiger partial charge in [-0.05, 0) is 30.5 Å². The fourth-order valence-corrected chi connectivity index (χ4v) is 2.97. The summed E-state index contributed by atoms with van der Waals surface area (Å²) in [6.07, 6.45) is 2.28. The quantitative estimate of drug-likeness (QED) is 0.802. The van der Waals surface area contributed by atoms with Gasteiger partial charge in [-0.2, -0.15) is 0 Å². The Kier molecular flexibility index (Phi) is 2.94. The van der Waals surface area contributed by atoms with Gasteiger partial charge in [-0.3, -0.25) is 4.79 Å². The number of alkyl halides is 1. The minimum Gasteiger partial charge on any atom is -0.422 e. The number of rotatable bonds is 1. The van der Waals surface area contributed by atoms with Gasteiger partial charge in [-0.1, -0.05) is 6.07 Å². The van der Waals surface area contributed by atoms with Gasteiger partial charge in [0.05, 0.1) is 5.56 Å². The Bertz CT molecular complexity index is 844. The molecule has 0 fully saturated rings. The zero-order valence-electron chi connectivity index (χ0n) is 10.7. The van der Waals surface area contributed by atoms with Crippen LogP contribution in [0.25, 0.3) is 22.6 Å². The van der Waals surface area contributed by atoms with E-state index in [1.807, 2.05) is 11.4 Å². The lowest BCUT2D eigenvalue weighted by Crippen LogP contribution is -2.31. The molecule has 0 spiro atoms. The molecule has 2 aromatic heterocycles. The number of hydrogen-bond acceptors (Lipinski definition) is 4. The van der Waals surface area contributed by atoms with E-state index in [-0.39, 0.29) is 11.8 Å². The van der Waals surface area contributed by atoms with Crippen molar-refractivity contribution in [3.8, 4) is 10.4 Å². The lowest BCUT2D eigenvalue weighted by Gasteiger charge is -2.11. The number of carbonyl (C=O) groups is 1. The monoisotopic (exact) mass is 290 g/mol. The maximum Gasteiger partial charge on any atom is 0.345 e. The average Bonchev–Trinajstić information content (AvgIpc) is 2.81. The average molecular weight is 290 g/mol. The SMILES string of the molecule is CC1(F)C=c2cc(-c3cccs3)c(=O)oc2=CC(=O)C1. The lowest BCUT2D eigenvalue weighted by atomic mass is 10.0. The van der Waals surface area contributed by atoms with E-state index in [1.54, 1.807) is 12.1 Å². The molecule has 20 heavy (non-hydrogen) atoms. The fourth-order valence-electron chi connectivity index (χ4n) is 2.24. The summed E-state index contributed by atoms with van der Waals surface area (Å²) >= 11 is 1.40. The highest BCUT2D eigenvalue weighted by Crippen LogP contribution is 2.21. The van der Waals surface area contributed by atoms with Gasteiger partial charge in [-0.25, -0.2) is 9.18 Å². The molecule has 0 aromatic carbocycles. The second kappa shape index (κ2) is 4.52. The van der Waals surface area contributed by atoms with E-state index in [1.165, 1.54) is 30.4 Å². The van der Waals surface area contributed by atoms with Gasteiger partial charge < -0.3 is 4.42 Å². The molecule has 1 unspecified atom stereocenters. The highest BCUT2D eigenvalue weighted by Gasteiger charge is 2.25. The Morgan fingerprint density at radius 2 is 2.20 bits per heavy atom. The molecule has 5 heteroatoms. The smallest absolute Gasteiger partial charge is 0.345 e. The number of Topliss-reactive ketones (excluding diaryl/α,β-unsaturated/α-hetero) is 1. The molecule has 1 aliphatic carbocycles. The van der Waals surface area contributed by atoms with Gasteiger partial charge in [0.15, 0.2) is 5.78 Å². The second-order valence-corrected chi connectivity index (χ2v) is 5.90. The first-order chi connectivity index (χ1) is 9.44. The van der Waals surface area contributed by atoms with E-state index >= 15 is 0 Å². The van der Waals surface area contributed by atoms with Gasteiger partial charge in [0.25, 0.3) is 0 Å². The summed E-state index contributed by atoms with van der Waals surface area (Å²) in [4.78, 5) is 24.3. The van der Waals surface area contributed by atoms with Gasteiger partial charge in [0.1, 0.15) is 11.1 Å². The van der Waals surface area contributed by atoms with Crippen molar-refractivity contribution in [1.82, 2.24) is 0 Å². The molecule has 0 saturated carbocycles. The van der Waals surface area contributed by atoms with Crippen LogP contribution in [0.5, 0.6) is 0 Å². The number of ketones is 1. The number of hydrogen-bond donors (Lipinski definition) is 0. The van der Waals surface area contributed by atoms with Crippen molar-refractivity contribution in [3.05, 3.63) is 44.6 Å². The third-order valence-electron chi connectivity index (χ3n) is 3.06. The van der Waals surface area contributed by atoms with Gasteiger partial charge >= 0.3 is 5.63 Å². The molecule has 102 valence electrons. The summed E-state index contributed by atoms with van der Waals surface area (Å²) in [6.45, 7) is 1.34. The highest BCUT2D eigenvalue weighted by atomic mass is 32.1. The predicted octanol–water partition coefficient (Wildman–Crippen LogP) is 1.63. The van der Waals surface area contributed by atoms with E-state index in [0.29, 0.717) is 10.8 Å². The summed E-state index contributed by atoms with van der Waals surface area (Å²) in [6, 6.07) is 5.20. The normalized spacial score (nSPS) is 21.6. The zero-order chi connectivity index (χ0) is 14.3. The Morgan fingerprint density at radius 3 is 2.90 bits per heavy atom. The van der Waals surface area contributed by atoms with E-state index in [9.17, 15) is 14.0 Å². The molecule has 1 aliphatic rings. The predicted molar refractivity (Wildman–Crippen MR) is 75.6 cm³/mol. The first kappa shape index (κ1) is 13.0. The van der Waals surface area contributed by atoms with Crippen molar-refractivity contribution >= 4 is 29.3 Å². The van der Waals surface area contributed by atoms with E-state index < -0.39 is 17.1 Å². The van der Waals surface area contributed by atoms with Gasteiger partial charge in [0.2, 0.25) is 0 Å². The second-order valence-electron chi connectivity index (χ2n) is 4.95. The number of carbonyl (C=O) groups excluding carboxylic acids is 1. The lowest BCUT2D eigenvalue weighted by molar-refractivity contribution is -0.114. The maximum atomic E-state index is 14.2. The highest BCUT2D eigenvalue weighted by molar-refractivity contribution is 7.13. The standard InChI is InChI=1S/C15H11FO3S/c1-15(16)7-9-5-11(13-3-2-4-20-13)14(18)19-12(9)6-10(17)8-15/h2-7H,8H2,1H3. The van der Waals surface area contributed by atoms with Crippen LogP contribution in [0.1, 0.15) is 13.3 Å². The van der Waals surface area contributed by atoms with Crippen LogP contribution in [0.4, 0.5) is 4.39 Å². The van der Waals surface area contributed by atoms with Crippen molar-refractivity contribution in [1.29, 1.82) is 0 Å². The van der Waals surface area contributed by atoms with E-state index in [0.717, 1.165) is 4.88 Å². The molecule has 0 radical (unpaired) electrons. The number of fused-ring (bicyclic) bond motifs is 1. The molecule has 0 aliphatic heterocycles. The molecule has 0 N–H and O–H groups in total. The summed E-state index contributed by atoms with van der Waals surface area (Å²) in [7, 11) is 0. The van der Waals surface area contributed by atoms with Crippen molar-refractivity contribution in [3.63, 3.8) is 0 Å². The summed E-state index contributed by atoms with van der Waals surface area (Å²) in [5, 5.41) is 2.28. The molecule has 0 bridgehead atoms. The van der Waals surface area contributed by atoms with Crippen LogP contribution < -0.4 is 16.3 Å². The van der Waals surface area contributed by atoms with Crippen LogP contribution in [0.3, 0.4) is 0 Å². The first-order valence-electron chi connectivity index (χ1n) is 6.09. The zero-order valence-corrected chi connectivity index (χ0v) is 11.5. The van der Waals surface area contributed by atoms with Crippen LogP contribution in [-0.2, 0) is 4.79 Å². The molecule has 2 aromatic rings. The van der Waals surface area contributed by atoms with Crippen LogP contribution in [0.15, 0.2) is 32.8 Å². The molecular formula is C15H11FO3S. The molecule has 2 heterocycles. The fraction of sp³-hybridized carbons (Fsp3) is 0.200.